The standard InChI is InChI=1S/C23H22N2O3/c24-22(19-9-5-2-6-10-19)23(27)25-20-13-11-17(12-14-20)15-21(26)28-16-18-7-3-1-4-8-18/h1-14,22H,15-16,24H2,(H,25,27)/t22-/m0/s1. The van der Waals surface area contributed by atoms with Gasteiger partial charge in [-0.05, 0) is 28.8 Å². The van der Waals surface area contributed by atoms with Crippen LogP contribution in [-0.4, -0.2) is 11.9 Å². The van der Waals surface area contributed by atoms with Gasteiger partial charge < -0.3 is 15.8 Å². The molecule has 0 heterocycles. The third-order valence-electron chi connectivity index (χ3n) is 4.25. The van der Waals surface area contributed by atoms with Crippen LogP contribution in [0.4, 0.5) is 5.69 Å². The average molecular weight is 374 g/mol. The molecule has 0 saturated carbocycles. The largest absolute Gasteiger partial charge is 0.461 e. The van der Waals surface area contributed by atoms with Crippen LogP contribution in [0.5, 0.6) is 0 Å². The number of hydrogen-bond donors (Lipinski definition) is 2. The second-order valence-electron chi connectivity index (χ2n) is 6.40. The Balaban J connectivity index is 1.50. The number of rotatable bonds is 7. The number of nitrogens with one attached hydrogen (secondary N) is 1. The Hall–Kier alpha value is -3.44. The lowest BCUT2D eigenvalue weighted by atomic mass is 10.1. The highest BCUT2D eigenvalue weighted by molar-refractivity contribution is 5.95. The average Bonchev–Trinajstić information content (AvgIpc) is 2.74. The summed E-state index contributed by atoms with van der Waals surface area (Å²) in [4.78, 5) is 24.3. The van der Waals surface area contributed by atoms with Crippen molar-refractivity contribution in [1.29, 1.82) is 0 Å². The molecular formula is C23H22N2O3. The van der Waals surface area contributed by atoms with E-state index in [1.165, 1.54) is 0 Å². The monoisotopic (exact) mass is 374 g/mol. The van der Waals surface area contributed by atoms with Crippen molar-refractivity contribution >= 4 is 17.6 Å². The SMILES string of the molecule is N[C@H](C(=O)Nc1ccc(CC(=O)OCc2ccccc2)cc1)c1ccccc1. The summed E-state index contributed by atoms with van der Waals surface area (Å²) in [5.41, 5.74) is 9.12. The molecule has 0 saturated heterocycles. The summed E-state index contributed by atoms with van der Waals surface area (Å²) in [6, 6.07) is 25.0. The van der Waals surface area contributed by atoms with E-state index in [9.17, 15) is 9.59 Å². The molecule has 142 valence electrons. The van der Waals surface area contributed by atoms with Crippen molar-refractivity contribution in [2.75, 3.05) is 5.32 Å². The Morgan fingerprint density at radius 2 is 1.43 bits per heavy atom. The molecule has 0 spiro atoms. The van der Waals surface area contributed by atoms with E-state index < -0.39 is 6.04 Å². The van der Waals surface area contributed by atoms with Gasteiger partial charge in [0.15, 0.2) is 0 Å². The first-order chi connectivity index (χ1) is 13.6. The molecule has 28 heavy (non-hydrogen) atoms. The van der Waals surface area contributed by atoms with Gasteiger partial charge in [0.05, 0.1) is 6.42 Å². The summed E-state index contributed by atoms with van der Waals surface area (Å²) in [6.07, 6.45) is 0.171. The maximum Gasteiger partial charge on any atom is 0.310 e. The molecule has 0 aliphatic heterocycles. The van der Waals surface area contributed by atoms with Crippen LogP contribution in [0.15, 0.2) is 84.9 Å². The summed E-state index contributed by atoms with van der Waals surface area (Å²) in [7, 11) is 0. The van der Waals surface area contributed by atoms with Gasteiger partial charge in [-0.25, -0.2) is 0 Å². The highest BCUT2D eigenvalue weighted by Gasteiger charge is 2.15. The minimum atomic E-state index is -0.742. The minimum absolute atomic E-state index is 0.171. The van der Waals surface area contributed by atoms with Gasteiger partial charge in [-0.15, -0.1) is 0 Å². The van der Waals surface area contributed by atoms with Crippen LogP contribution >= 0.6 is 0 Å². The first kappa shape index (κ1) is 19.3. The fourth-order valence-corrected chi connectivity index (χ4v) is 2.69. The number of benzene rings is 3. The highest BCUT2D eigenvalue weighted by Crippen LogP contribution is 2.15. The Bertz CT molecular complexity index is 910. The van der Waals surface area contributed by atoms with E-state index in [1.807, 2.05) is 60.7 Å². The van der Waals surface area contributed by atoms with Gasteiger partial charge in [-0.2, -0.15) is 0 Å². The van der Waals surface area contributed by atoms with E-state index >= 15 is 0 Å². The van der Waals surface area contributed by atoms with E-state index in [4.69, 9.17) is 10.5 Å². The molecule has 0 unspecified atom stereocenters. The van der Waals surface area contributed by atoms with Crippen molar-refractivity contribution in [3.05, 3.63) is 102 Å². The van der Waals surface area contributed by atoms with Crippen LogP contribution in [0, 0.1) is 0 Å². The minimum Gasteiger partial charge on any atom is -0.461 e. The second-order valence-corrected chi connectivity index (χ2v) is 6.40. The quantitative estimate of drug-likeness (QED) is 0.619. The van der Waals surface area contributed by atoms with Crippen LogP contribution in [0.25, 0.3) is 0 Å². The molecule has 5 heteroatoms. The van der Waals surface area contributed by atoms with E-state index in [0.717, 1.165) is 16.7 Å². The lowest BCUT2D eigenvalue weighted by Crippen LogP contribution is -2.27. The third kappa shape index (κ3) is 5.53. The van der Waals surface area contributed by atoms with Crippen molar-refractivity contribution < 1.29 is 14.3 Å². The Morgan fingerprint density at radius 3 is 2.07 bits per heavy atom. The number of carbonyl (C=O) groups is 2. The number of anilines is 1. The van der Waals surface area contributed by atoms with Crippen LogP contribution in [0.2, 0.25) is 0 Å². The zero-order valence-corrected chi connectivity index (χ0v) is 15.4. The van der Waals surface area contributed by atoms with E-state index in [-0.39, 0.29) is 24.9 Å². The molecule has 3 rings (SSSR count). The number of amides is 1. The topological polar surface area (TPSA) is 81.4 Å². The van der Waals surface area contributed by atoms with Crippen LogP contribution in [-0.2, 0) is 27.4 Å². The molecule has 5 nitrogen and oxygen atoms in total. The molecule has 0 radical (unpaired) electrons. The van der Waals surface area contributed by atoms with Gasteiger partial charge in [0.25, 0.3) is 0 Å². The highest BCUT2D eigenvalue weighted by atomic mass is 16.5. The van der Waals surface area contributed by atoms with E-state index in [2.05, 4.69) is 5.32 Å². The number of ether oxygens (including phenoxy) is 1. The normalized spacial score (nSPS) is 11.5. The second kappa shape index (κ2) is 9.48. The molecule has 3 aromatic rings. The van der Waals surface area contributed by atoms with Gasteiger partial charge in [-0.3, -0.25) is 9.59 Å². The first-order valence-electron chi connectivity index (χ1n) is 9.02. The molecule has 1 atom stereocenters. The fourth-order valence-electron chi connectivity index (χ4n) is 2.69. The number of esters is 1. The van der Waals surface area contributed by atoms with Crippen molar-refractivity contribution in [2.24, 2.45) is 5.73 Å². The van der Waals surface area contributed by atoms with Gasteiger partial charge in [0.2, 0.25) is 5.91 Å². The number of hydrogen-bond acceptors (Lipinski definition) is 4. The Morgan fingerprint density at radius 1 is 0.821 bits per heavy atom. The molecule has 3 aromatic carbocycles. The van der Waals surface area contributed by atoms with Crippen molar-refractivity contribution in [1.82, 2.24) is 0 Å². The maximum atomic E-state index is 12.3. The van der Waals surface area contributed by atoms with Crippen LogP contribution in [0.3, 0.4) is 0 Å². The predicted molar refractivity (Wildman–Crippen MR) is 108 cm³/mol. The molecule has 0 bridgehead atoms. The lowest BCUT2D eigenvalue weighted by molar-refractivity contribution is -0.144. The third-order valence-corrected chi connectivity index (χ3v) is 4.25. The van der Waals surface area contributed by atoms with Crippen molar-refractivity contribution in [3.8, 4) is 0 Å². The Kier molecular flexibility index (Phi) is 6.54. The van der Waals surface area contributed by atoms with Crippen LogP contribution in [0.1, 0.15) is 22.7 Å². The van der Waals surface area contributed by atoms with E-state index in [1.54, 1.807) is 24.3 Å². The van der Waals surface area contributed by atoms with Gasteiger partial charge >= 0.3 is 5.97 Å². The lowest BCUT2D eigenvalue weighted by Gasteiger charge is -2.13. The molecule has 0 aliphatic rings. The predicted octanol–water partition coefficient (Wildman–Crippen LogP) is 3.61. The molecule has 0 aromatic heterocycles. The molecule has 0 aliphatic carbocycles. The molecule has 1 amide bonds. The van der Waals surface area contributed by atoms with Gasteiger partial charge in [0.1, 0.15) is 12.6 Å². The number of nitrogens with two attached hydrogens (primary N) is 1. The number of carbonyl (C=O) groups excluding carboxylic acids is 2. The summed E-state index contributed by atoms with van der Waals surface area (Å²) in [5.74, 6) is -0.590. The smallest absolute Gasteiger partial charge is 0.310 e. The van der Waals surface area contributed by atoms with Crippen LogP contribution < -0.4 is 11.1 Å². The Labute approximate surface area is 164 Å². The van der Waals surface area contributed by atoms with E-state index in [0.29, 0.717) is 5.69 Å². The zero-order chi connectivity index (χ0) is 19.8. The fraction of sp³-hybridized carbons (Fsp3) is 0.130. The zero-order valence-electron chi connectivity index (χ0n) is 15.4. The molecule has 0 fully saturated rings. The first-order valence-corrected chi connectivity index (χ1v) is 9.02. The summed E-state index contributed by atoms with van der Waals surface area (Å²) in [6.45, 7) is 0.255. The molecule has 3 N–H and O–H groups in total. The summed E-state index contributed by atoms with van der Waals surface area (Å²) in [5, 5.41) is 2.79. The summed E-state index contributed by atoms with van der Waals surface area (Å²) >= 11 is 0. The van der Waals surface area contributed by atoms with Gasteiger partial charge in [0, 0.05) is 5.69 Å². The van der Waals surface area contributed by atoms with Crippen molar-refractivity contribution in [2.45, 2.75) is 19.1 Å². The molecular weight excluding hydrogens is 352 g/mol. The van der Waals surface area contributed by atoms with Gasteiger partial charge in [-0.1, -0.05) is 72.8 Å². The summed E-state index contributed by atoms with van der Waals surface area (Å²) < 4.78 is 5.28. The van der Waals surface area contributed by atoms with Crippen molar-refractivity contribution in [3.63, 3.8) is 0 Å². The maximum absolute atomic E-state index is 12.3.